The Morgan fingerprint density at radius 1 is 0.303 bits per heavy atom. The molecule has 0 spiro atoms. The maximum Gasteiger partial charge on any atom is 0.419 e. The summed E-state index contributed by atoms with van der Waals surface area (Å²) < 4.78 is 160. The van der Waals surface area contributed by atoms with Crippen LogP contribution in [0.5, 0.6) is 0 Å². The third kappa shape index (κ3) is 10.9. The zero-order chi connectivity index (χ0) is 74.1. The van der Waals surface area contributed by atoms with E-state index in [4.69, 9.17) is 0 Å². The van der Waals surface area contributed by atoms with Gasteiger partial charge in [-0.25, -0.2) is 26.3 Å². The number of aryl methyl sites for hydroxylation is 1. The minimum absolute atomic E-state index is 0.0187. The highest BCUT2D eigenvalue weighted by atomic mass is 32.2. The fourth-order valence-corrected chi connectivity index (χ4v) is 18.0. The van der Waals surface area contributed by atoms with Crippen molar-refractivity contribution in [3.63, 3.8) is 0 Å². The van der Waals surface area contributed by atoms with Crippen molar-refractivity contribution in [3.05, 3.63) is 368 Å². The third-order valence-electron chi connectivity index (χ3n) is 21.2. The molecule has 4 heterocycles. The van der Waals surface area contributed by atoms with Crippen molar-refractivity contribution in [1.82, 2.24) is 0 Å². The topological polar surface area (TPSA) is 16.2 Å². The fourth-order valence-electron chi connectivity index (χ4n) is 16.7. The van der Waals surface area contributed by atoms with Gasteiger partial charge in [-0.3, -0.25) is 0 Å². The molecule has 0 saturated heterocycles. The Labute approximate surface area is 627 Å². The van der Waals surface area contributed by atoms with Crippen molar-refractivity contribution in [2.75, 3.05) is 24.5 Å². The SMILES string of the molecule is Cc1cccc(-c2ccccc2)c1N1c2cc(N(c3ccccc3)c3c(F)cccc3F)cc3c2B(c2ccccc2N3c2c(F)cccc2F)c2cc3c(c(C(F)(F)F)c21)Sc1cc(N(c2ccc(-c4ccccc4)cc2)c2cccc(-c4ccccc4)c2)cc2c1B3c1ccccc1N2c1c(F)cccc1F. The average molecular weight is 1460 g/mol. The molecule has 0 saturated carbocycles. The predicted molar refractivity (Wildman–Crippen MR) is 426 cm³/mol. The van der Waals surface area contributed by atoms with Crippen LogP contribution in [0.1, 0.15) is 11.1 Å². The molecule has 4 aliphatic rings. The standard InChI is InChI=1S/C92H56B2F9N5S/c1-55-23-18-34-66(59-28-10-4-11-29-59)86(55)108-80-51-64(105(61-31-12-5-13-32-61)88-71(95)37-20-38-72(88)96)50-79-84(80)93(67-35-14-16-43-77(67)106(79)89-73(97)39-21-40-74(89)98)69-54-70-91(83(87(69)108)92(101,102)103)109-82-53-65(52-81-85(82)94(70)68-36-15-17-44-78(68)107(81)90-75(99)41-22-42-76(90)100)104(62-47-45-58(46-48-62)56-24-6-2-7-25-56)63-33-19-30-60(49-63)57-26-8-3-9-27-57/h2-54H,1H3. The van der Waals surface area contributed by atoms with E-state index < -0.39 is 77.1 Å². The number of rotatable bonds is 12. The maximum absolute atomic E-state index is 18.7. The molecule has 5 nitrogen and oxygen atoms in total. The van der Waals surface area contributed by atoms with Gasteiger partial charge in [-0.05, 0) is 177 Å². The van der Waals surface area contributed by atoms with Crippen molar-refractivity contribution in [1.29, 1.82) is 0 Å². The molecule has 0 amide bonds. The van der Waals surface area contributed by atoms with Crippen molar-refractivity contribution in [2.45, 2.75) is 22.9 Å². The predicted octanol–water partition coefficient (Wildman–Crippen LogP) is 22.6. The average Bonchev–Trinajstić information content (AvgIpc) is 0.675. The van der Waals surface area contributed by atoms with E-state index in [9.17, 15) is 0 Å². The van der Waals surface area contributed by atoms with Gasteiger partial charge < -0.3 is 24.5 Å². The van der Waals surface area contributed by atoms with E-state index in [1.165, 1.54) is 40.1 Å². The summed E-state index contributed by atoms with van der Waals surface area (Å²) in [6.07, 6.45) is -5.25. The molecule has 0 aromatic heterocycles. The quantitative estimate of drug-likeness (QED) is 0.0889. The molecule has 524 valence electrons. The van der Waals surface area contributed by atoms with E-state index in [-0.39, 0.29) is 49.9 Å². The van der Waals surface area contributed by atoms with E-state index in [0.717, 1.165) is 58.3 Å². The number of hydrogen-bond donors (Lipinski definition) is 0. The number of benzene rings is 15. The van der Waals surface area contributed by atoms with E-state index in [1.54, 1.807) is 101 Å². The first-order chi connectivity index (χ1) is 53.2. The molecule has 0 bridgehead atoms. The molecule has 15 aromatic carbocycles. The Kier molecular flexibility index (Phi) is 16.1. The lowest BCUT2D eigenvalue weighted by molar-refractivity contribution is -0.139. The summed E-state index contributed by atoms with van der Waals surface area (Å²) in [5.74, 6) is -5.67. The van der Waals surface area contributed by atoms with Crippen molar-refractivity contribution in [3.8, 4) is 33.4 Å². The summed E-state index contributed by atoms with van der Waals surface area (Å²) in [6.45, 7) is -0.482. The maximum atomic E-state index is 18.7. The molecule has 109 heavy (non-hydrogen) atoms. The van der Waals surface area contributed by atoms with Gasteiger partial charge in [0.05, 0.1) is 22.6 Å². The van der Waals surface area contributed by atoms with Crippen molar-refractivity contribution >= 4 is 143 Å². The second kappa shape index (κ2) is 26.3. The van der Waals surface area contributed by atoms with Gasteiger partial charge in [-0.2, -0.15) is 13.2 Å². The largest absolute Gasteiger partial charge is 0.419 e. The minimum atomic E-state index is -5.25. The zero-order valence-electron chi connectivity index (χ0n) is 57.8. The first-order valence-corrected chi connectivity index (χ1v) is 36.3. The summed E-state index contributed by atoms with van der Waals surface area (Å²) in [4.78, 5) is 8.11. The highest BCUT2D eigenvalue weighted by Gasteiger charge is 2.54. The first kappa shape index (κ1) is 66.8. The summed E-state index contributed by atoms with van der Waals surface area (Å²) in [5.41, 5.74) is 7.86. The van der Waals surface area contributed by atoms with Gasteiger partial charge in [0, 0.05) is 66.5 Å². The Bertz CT molecular complexity index is 6110. The molecule has 4 aliphatic heterocycles. The molecule has 19 rings (SSSR count). The molecule has 0 unspecified atom stereocenters. The number of hydrogen-bond acceptors (Lipinski definition) is 6. The molecular formula is C92H56B2F9N5S. The highest BCUT2D eigenvalue weighted by Crippen LogP contribution is 2.57. The molecule has 0 aliphatic carbocycles. The van der Waals surface area contributed by atoms with Crippen LogP contribution in [0, 0.1) is 41.8 Å². The van der Waals surface area contributed by atoms with E-state index in [1.807, 2.05) is 188 Å². The van der Waals surface area contributed by atoms with Gasteiger partial charge in [0.15, 0.2) is 0 Å². The number of halogens is 9. The summed E-state index contributed by atoms with van der Waals surface area (Å²) in [7, 11) is 0. The second-order valence-corrected chi connectivity index (χ2v) is 28.4. The molecule has 0 fully saturated rings. The Morgan fingerprint density at radius 2 is 0.734 bits per heavy atom. The van der Waals surface area contributed by atoms with Gasteiger partial charge in [-0.15, -0.1) is 0 Å². The summed E-state index contributed by atoms with van der Waals surface area (Å²) >= 11 is 0.909. The zero-order valence-corrected chi connectivity index (χ0v) is 58.6. The van der Waals surface area contributed by atoms with E-state index in [2.05, 4.69) is 0 Å². The van der Waals surface area contributed by atoms with Gasteiger partial charge in [0.1, 0.15) is 52.0 Å². The monoisotopic (exact) mass is 1460 g/mol. The number of nitrogens with zero attached hydrogens (tertiary/aromatic N) is 5. The fraction of sp³-hybridized carbons (Fsp3) is 0.0217. The Hall–Kier alpha value is -12.9. The van der Waals surface area contributed by atoms with E-state index in [0.29, 0.717) is 77.6 Å². The lowest BCUT2D eigenvalue weighted by Crippen LogP contribution is -2.65. The lowest BCUT2D eigenvalue weighted by atomic mass is 9.30. The van der Waals surface area contributed by atoms with Crippen LogP contribution in [0.25, 0.3) is 33.4 Å². The van der Waals surface area contributed by atoms with Gasteiger partial charge in [-0.1, -0.05) is 230 Å². The number of alkyl halides is 3. The molecular weight excluding hydrogens is 1400 g/mol. The van der Waals surface area contributed by atoms with Crippen LogP contribution in [-0.2, 0) is 6.18 Å². The van der Waals surface area contributed by atoms with Crippen LogP contribution in [0.2, 0.25) is 0 Å². The lowest BCUT2D eigenvalue weighted by Gasteiger charge is -2.47. The van der Waals surface area contributed by atoms with Crippen molar-refractivity contribution < 1.29 is 39.5 Å². The van der Waals surface area contributed by atoms with Gasteiger partial charge in [0.25, 0.3) is 6.71 Å². The van der Waals surface area contributed by atoms with Gasteiger partial charge >= 0.3 is 6.18 Å². The minimum Gasteiger partial charge on any atom is -0.310 e. The van der Waals surface area contributed by atoms with E-state index >= 15 is 39.5 Å². The van der Waals surface area contributed by atoms with Crippen LogP contribution in [0.15, 0.2) is 331 Å². The summed E-state index contributed by atoms with van der Waals surface area (Å²) in [6, 6.07) is 92.0. The molecule has 15 aromatic rings. The Morgan fingerprint density at radius 3 is 1.30 bits per heavy atom. The smallest absolute Gasteiger partial charge is 0.310 e. The number of para-hydroxylation sites is 7. The van der Waals surface area contributed by atoms with Crippen LogP contribution < -0.4 is 57.3 Å². The third-order valence-corrected chi connectivity index (χ3v) is 22.4. The second-order valence-electron chi connectivity index (χ2n) is 27.4. The summed E-state index contributed by atoms with van der Waals surface area (Å²) in [5, 5.41) is 0. The molecule has 17 heteroatoms. The van der Waals surface area contributed by atoms with Crippen LogP contribution in [0.4, 0.5) is 125 Å². The van der Waals surface area contributed by atoms with Crippen LogP contribution >= 0.6 is 11.8 Å². The normalized spacial score (nSPS) is 12.9. The molecule has 0 atom stereocenters. The molecule has 0 N–H and O–H groups in total. The van der Waals surface area contributed by atoms with Crippen LogP contribution in [-0.4, -0.2) is 13.4 Å². The first-order valence-electron chi connectivity index (χ1n) is 35.5. The van der Waals surface area contributed by atoms with Gasteiger partial charge in [0.2, 0.25) is 6.71 Å². The number of fused-ring (bicyclic) bond motifs is 8. The number of anilines is 15. The van der Waals surface area contributed by atoms with Crippen molar-refractivity contribution in [2.24, 2.45) is 0 Å². The molecule has 0 radical (unpaired) electrons. The highest BCUT2D eigenvalue weighted by molar-refractivity contribution is 8.00. The van der Waals surface area contributed by atoms with Crippen LogP contribution in [0.3, 0.4) is 0 Å². The Balaban J connectivity index is 0.949.